The first-order chi connectivity index (χ1) is 11.3. The maximum absolute atomic E-state index is 12.2. The Kier molecular flexibility index (Phi) is 8.06. The van der Waals surface area contributed by atoms with Gasteiger partial charge in [-0.15, -0.1) is 11.3 Å². The molecule has 1 aromatic heterocycles. The van der Waals surface area contributed by atoms with E-state index in [2.05, 4.69) is 26.0 Å². The van der Waals surface area contributed by atoms with Crippen molar-refractivity contribution in [3.8, 4) is 0 Å². The average Bonchev–Trinajstić information content (AvgIpc) is 3.15. The molecule has 0 saturated carbocycles. The van der Waals surface area contributed by atoms with Crippen LogP contribution >= 0.6 is 11.3 Å². The molecule has 23 heavy (non-hydrogen) atoms. The summed E-state index contributed by atoms with van der Waals surface area (Å²) in [6, 6.07) is 4.26. The molecule has 1 aromatic rings. The van der Waals surface area contributed by atoms with Crippen LogP contribution in [-0.2, 0) is 16.0 Å². The number of aryl methyl sites for hydroxylation is 1. The summed E-state index contributed by atoms with van der Waals surface area (Å²) in [4.78, 5) is 13.6. The van der Waals surface area contributed by atoms with Crippen molar-refractivity contribution in [2.45, 2.75) is 65.2 Å². The molecule has 2 rings (SSSR count). The quantitative estimate of drug-likeness (QED) is 0.553. The predicted octanol–water partition coefficient (Wildman–Crippen LogP) is 4.60. The topological polar surface area (TPSA) is 32.8 Å². The molecule has 1 amide bonds. The highest BCUT2D eigenvalue weighted by molar-refractivity contribution is 7.16. The van der Waals surface area contributed by atoms with Crippen LogP contribution in [0, 0.1) is 0 Å². The van der Waals surface area contributed by atoms with Gasteiger partial charge >= 0.3 is 0 Å². The van der Waals surface area contributed by atoms with Crippen molar-refractivity contribution < 1.29 is 9.53 Å². The molecule has 2 heterocycles. The van der Waals surface area contributed by atoms with Crippen LogP contribution in [0.1, 0.15) is 63.7 Å². The minimum Gasteiger partial charge on any atom is -0.364 e. The van der Waals surface area contributed by atoms with E-state index in [-0.39, 0.29) is 5.91 Å². The number of ether oxygens (including phenoxy) is 1. The van der Waals surface area contributed by atoms with Gasteiger partial charge in [-0.25, -0.2) is 5.01 Å². The summed E-state index contributed by atoms with van der Waals surface area (Å²) in [6.45, 7) is 6.43. The second-order valence-corrected chi connectivity index (χ2v) is 7.27. The summed E-state index contributed by atoms with van der Waals surface area (Å²) >= 11 is 1.75. The zero-order valence-electron chi connectivity index (χ0n) is 14.6. The Hall–Kier alpha value is -0.910. The van der Waals surface area contributed by atoms with Crippen LogP contribution in [0.5, 0.6) is 0 Å². The molecular weight excluding hydrogens is 308 g/mol. The van der Waals surface area contributed by atoms with E-state index in [9.17, 15) is 4.79 Å². The smallest absolute Gasteiger partial charge is 0.243 e. The molecule has 1 aliphatic rings. The number of hydrazine groups is 1. The lowest BCUT2D eigenvalue weighted by Crippen LogP contribution is -2.40. The second-order valence-electron chi connectivity index (χ2n) is 6.13. The van der Waals surface area contributed by atoms with Crippen LogP contribution in [0.3, 0.4) is 0 Å². The number of unbranched alkanes of at least 4 members (excludes halogenated alkanes) is 4. The van der Waals surface area contributed by atoms with Gasteiger partial charge in [-0.1, -0.05) is 39.5 Å². The molecule has 5 heteroatoms. The molecule has 0 N–H and O–H groups in total. The van der Waals surface area contributed by atoms with Crippen molar-refractivity contribution >= 4 is 22.2 Å². The zero-order valence-corrected chi connectivity index (χ0v) is 15.4. The maximum atomic E-state index is 12.2. The van der Waals surface area contributed by atoms with E-state index in [1.165, 1.54) is 30.6 Å². The number of carbonyl (C=O) groups excluding carboxylic acids is 1. The predicted molar refractivity (Wildman–Crippen MR) is 96.7 cm³/mol. The molecule has 0 aliphatic carbocycles. The van der Waals surface area contributed by atoms with Gasteiger partial charge in [0.2, 0.25) is 5.91 Å². The van der Waals surface area contributed by atoms with Gasteiger partial charge in [0.15, 0.2) is 0 Å². The van der Waals surface area contributed by atoms with Gasteiger partial charge in [0.1, 0.15) is 11.7 Å². The lowest BCUT2D eigenvalue weighted by Gasteiger charge is -2.26. The van der Waals surface area contributed by atoms with Gasteiger partial charge in [-0.2, -0.15) is 5.01 Å². The number of anilines is 1. The monoisotopic (exact) mass is 338 g/mol. The minimum absolute atomic E-state index is 0.184. The van der Waals surface area contributed by atoms with Crippen LogP contribution in [0.2, 0.25) is 0 Å². The third kappa shape index (κ3) is 5.59. The normalized spacial score (nSPS) is 15.7. The van der Waals surface area contributed by atoms with E-state index in [1.807, 2.05) is 10.0 Å². The van der Waals surface area contributed by atoms with Crippen molar-refractivity contribution in [1.82, 2.24) is 5.01 Å². The fourth-order valence-corrected chi connectivity index (χ4v) is 3.82. The number of rotatable bonds is 11. The molecule has 1 aliphatic heterocycles. The third-order valence-electron chi connectivity index (χ3n) is 4.12. The van der Waals surface area contributed by atoms with Gasteiger partial charge in [0.25, 0.3) is 0 Å². The highest BCUT2D eigenvalue weighted by Crippen LogP contribution is 2.31. The van der Waals surface area contributed by atoms with E-state index < -0.39 is 0 Å². The molecule has 0 aromatic carbocycles. The lowest BCUT2D eigenvalue weighted by atomic mass is 10.1. The Bertz CT molecular complexity index is 475. The van der Waals surface area contributed by atoms with E-state index in [4.69, 9.17) is 4.74 Å². The Labute approximate surface area is 144 Å². The second kappa shape index (κ2) is 10.1. The van der Waals surface area contributed by atoms with Crippen molar-refractivity contribution in [3.63, 3.8) is 0 Å². The van der Waals surface area contributed by atoms with Crippen LogP contribution < -0.4 is 5.01 Å². The Morgan fingerprint density at radius 2 is 1.96 bits per heavy atom. The highest BCUT2D eigenvalue weighted by atomic mass is 32.1. The molecule has 1 saturated heterocycles. The van der Waals surface area contributed by atoms with Gasteiger partial charge in [-0.3, -0.25) is 4.79 Å². The molecule has 0 spiro atoms. The molecule has 130 valence electrons. The third-order valence-corrected chi connectivity index (χ3v) is 5.24. The van der Waals surface area contributed by atoms with Crippen LogP contribution in [0.15, 0.2) is 12.1 Å². The van der Waals surface area contributed by atoms with Crippen LogP contribution in [0.4, 0.5) is 5.00 Å². The summed E-state index contributed by atoms with van der Waals surface area (Å²) in [5, 5.41) is 4.90. The number of amides is 1. The fourth-order valence-electron chi connectivity index (χ4n) is 2.73. The summed E-state index contributed by atoms with van der Waals surface area (Å²) in [5.74, 6) is 0.184. The summed E-state index contributed by atoms with van der Waals surface area (Å²) in [6.07, 6.45) is 9.03. The number of nitrogens with zero attached hydrogens (tertiary/aromatic N) is 2. The van der Waals surface area contributed by atoms with Crippen molar-refractivity contribution in [3.05, 3.63) is 17.0 Å². The molecular formula is C18H30N2O2S. The minimum atomic E-state index is 0.184. The van der Waals surface area contributed by atoms with Crippen molar-refractivity contribution in [2.24, 2.45) is 0 Å². The standard InChI is InChI=1S/C18H30N2O2S/c1-3-5-7-8-9-16-10-11-18(23-16)20-17(21)12-13-19(20)15-22-14-6-4-2/h10-11H,3-9,12-15H2,1-2H3. The van der Waals surface area contributed by atoms with Gasteiger partial charge in [0, 0.05) is 24.4 Å². The first-order valence-corrected chi connectivity index (χ1v) is 9.82. The molecule has 4 nitrogen and oxygen atoms in total. The zero-order chi connectivity index (χ0) is 16.5. The highest BCUT2D eigenvalue weighted by Gasteiger charge is 2.31. The SMILES string of the molecule is CCCCCCc1ccc(N2C(=O)CCN2COCCCC)s1. The van der Waals surface area contributed by atoms with E-state index in [1.54, 1.807) is 11.3 Å². The Morgan fingerprint density at radius 1 is 1.13 bits per heavy atom. The van der Waals surface area contributed by atoms with Gasteiger partial charge < -0.3 is 4.74 Å². The fraction of sp³-hybridized carbons (Fsp3) is 0.722. The Morgan fingerprint density at radius 3 is 2.74 bits per heavy atom. The van der Waals surface area contributed by atoms with Crippen molar-refractivity contribution in [1.29, 1.82) is 0 Å². The number of carbonyl (C=O) groups is 1. The summed E-state index contributed by atoms with van der Waals surface area (Å²) in [7, 11) is 0. The number of hydrogen-bond donors (Lipinski definition) is 0. The first-order valence-electron chi connectivity index (χ1n) is 9.00. The largest absolute Gasteiger partial charge is 0.364 e. The van der Waals surface area contributed by atoms with E-state index in [0.717, 1.165) is 37.4 Å². The number of thiophene rings is 1. The van der Waals surface area contributed by atoms with Crippen molar-refractivity contribution in [2.75, 3.05) is 24.9 Å². The van der Waals surface area contributed by atoms with E-state index in [0.29, 0.717) is 13.2 Å². The Balaban J connectivity index is 1.87. The lowest BCUT2D eigenvalue weighted by molar-refractivity contribution is -0.118. The molecule has 0 unspecified atom stereocenters. The van der Waals surface area contributed by atoms with Gasteiger partial charge in [0.05, 0.1) is 0 Å². The molecule has 0 bridgehead atoms. The molecule has 0 radical (unpaired) electrons. The average molecular weight is 339 g/mol. The molecule has 1 fully saturated rings. The summed E-state index contributed by atoms with van der Waals surface area (Å²) < 4.78 is 5.69. The van der Waals surface area contributed by atoms with E-state index >= 15 is 0 Å². The van der Waals surface area contributed by atoms with Crippen LogP contribution in [-0.4, -0.2) is 30.8 Å². The summed E-state index contributed by atoms with van der Waals surface area (Å²) in [5.41, 5.74) is 0. The first kappa shape index (κ1) is 18.4. The maximum Gasteiger partial charge on any atom is 0.243 e. The number of hydrogen-bond acceptors (Lipinski definition) is 4. The van der Waals surface area contributed by atoms with Gasteiger partial charge in [-0.05, 0) is 31.4 Å². The molecule has 0 atom stereocenters. The van der Waals surface area contributed by atoms with Crippen LogP contribution in [0.25, 0.3) is 0 Å².